The van der Waals surface area contributed by atoms with Gasteiger partial charge in [0.05, 0.1) is 18.2 Å². The van der Waals surface area contributed by atoms with E-state index in [0.717, 1.165) is 27.9 Å². The van der Waals surface area contributed by atoms with E-state index in [0.29, 0.717) is 24.9 Å². The summed E-state index contributed by atoms with van der Waals surface area (Å²) in [7, 11) is 0. The molecule has 1 aliphatic heterocycles. The van der Waals surface area contributed by atoms with Crippen LogP contribution in [0.15, 0.2) is 72.8 Å². The van der Waals surface area contributed by atoms with E-state index in [1.807, 2.05) is 66.7 Å². The number of nitrogens with zero attached hydrogens (tertiary/aromatic N) is 2. The fraction of sp³-hybridized carbons (Fsp3) is 0.276. The fourth-order valence-corrected chi connectivity index (χ4v) is 4.27. The highest BCUT2D eigenvalue weighted by Crippen LogP contribution is 2.30. The number of anilines is 1. The van der Waals surface area contributed by atoms with Crippen molar-refractivity contribution >= 4 is 17.7 Å². The number of nitrogens with one attached hydrogen (secondary N) is 1. The summed E-state index contributed by atoms with van der Waals surface area (Å²) in [6.07, 6.45) is 0.570. The van der Waals surface area contributed by atoms with Crippen LogP contribution in [-0.4, -0.2) is 23.6 Å². The third-order valence-corrected chi connectivity index (χ3v) is 5.89. The average molecular weight is 468 g/mol. The zero-order chi connectivity index (χ0) is 25.0. The number of fused-ring (bicyclic) bond motifs is 1. The number of aryl methyl sites for hydroxylation is 1. The zero-order valence-electron chi connectivity index (χ0n) is 20.2. The molecule has 3 aromatic carbocycles. The van der Waals surface area contributed by atoms with Gasteiger partial charge in [0.25, 0.3) is 0 Å². The third kappa shape index (κ3) is 5.70. The number of carbonyl (C=O) groups is 2. The topological polar surface area (TPSA) is 82.4 Å². The molecule has 0 saturated heterocycles. The monoisotopic (exact) mass is 467 g/mol. The number of benzene rings is 3. The Hall–Kier alpha value is -4.11. The summed E-state index contributed by atoms with van der Waals surface area (Å²) in [4.78, 5) is 27.8. The van der Waals surface area contributed by atoms with Crippen LogP contribution in [0, 0.1) is 11.3 Å². The predicted molar refractivity (Wildman–Crippen MR) is 136 cm³/mol. The van der Waals surface area contributed by atoms with E-state index in [2.05, 4.69) is 11.4 Å². The number of rotatable bonds is 4. The van der Waals surface area contributed by atoms with Gasteiger partial charge in [-0.3, -0.25) is 4.79 Å². The number of amides is 2. The van der Waals surface area contributed by atoms with Gasteiger partial charge in [0.2, 0.25) is 5.91 Å². The van der Waals surface area contributed by atoms with Crippen LogP contribution in [0.5, 0.6) is 0 Å². The summed E-state index contributed by atoms with van der Waals surface area (Å²) < 4.78 is 5.39. The zero-order valence-corrected chi connectivity index (χ0v) is 20.2. The molecule has 6 heteroatoms. The Balaban J connectivity index is 1.59. The summed E-state index contributed by atoms with van der Waals surface area (Å²) in [5, 5.41) is 12.2. The summed E-state index contributed by atoms with van der Waals surface area (Å²) in [5.41, 5.74) is 4.65. The molecule has 0 unspecified atom stereocenters. The Bertz CT molecular complexity index is 1270. The molecule has 3 aromatic rings. The van der Waals surface area contributed by atoms with Gasteiger partial charge in [-0.1, -0.05) is 60.7 Å². The first-order chi connectivity index (χ1) is 16.7. The van der Waals surface area contributed by atoms with Crippen LogP contribution in [0.1, 0.15) is 43.9 Å². The quantitative estimate of drug-likeness (QED) is 0.542. The van der Waals surface area contributed by atoms with E-state index in [9.17, 15) is 14.9 Å². The Morgan fingerprint density at radius 2 is 1.74 bits per heavy atom. The molecule has 2 amide bonds. The lowest BCUT2D eigenvalue weighted by molar-refractivity contribution is -0.120. The van der Waals surface area contributed by atoms with E-state index < -0.39 is 17.7 Å². The molecular weight excluding hydrogens is 438 g/mol. The van der Waals surface area contributed by atoms with Gasteiger partial charge in [-0.2, -0.15) is 5.26 Å². The highest BCUT2D eigenvalue weighted by atomic mass is 16.6. The van der Waals surface area contributed by atoms with Crippen LogP contribution in [0.25, 0.3) is 11.1 Å². The van der Waals surface area contributed by atoms with Crippen LogP contribution >= 0.6 is 0 Å². The van der Waals surface area contributed by atoms with Gasteiger partial charge in [-0.05, 0) is 68.0 Å². The summed E-state index contributed by atoms with van der Waals surface area (Å²) >= 11 is 0. The minimum absolute atomic E-state index is 0.167. The number of hydrogen-bond acceptors (Lipinski definition) is 4. The standard InChI is InChI=1S/C29H29N3O3/c1-29(2,3)35-28(34)31-25-17-16-22-8-5-7-11-26(22)32(27(25)33)19-20-12-14-21(15-13-20)24-10-6-4-9-23(24)18-30/h4-15,25H,16-17,19H2,1-3H3,(H,31,34)/t25-/m1/s1. The lowest BCUT2D eigenvalue weighted by Gasteiger charge is -2.27. The summed E-state index contributed by atoms with van der Waals surface area (Å²) in [6.45, 7) is 5.75. The van der Waals surface area contributed by atoms with Gasteiger partial charge in [-0.15, -0.1) is 0 Å². The number of nitriles is 1. The van der Waals surface area contributed by atoms with Gasteiger partial charge in [0.1, 0.15) is 11.6 Å². The highest BCUT2D eigenvalue weighted by Gasteiger charge is 2.32. The Morgan fingerprint density at radius 3 is 2.46 bits per heavy atom. The van der Waals surface area contributed by atoms with Crippen molar-refractivity contribution < 1.29 is 14.3 Å². The van der Waals surface area contributed by atoms with E-state index >= 15 is 0 Å². The van der Waals surface area contributed by atoms with Crippen molar-refractivity contribution in [3.8, 4) is 17.2 Å². The minimum Gasteiger partial charge on any atom is -0.444 e. The average Bonchev–Trinajstić information content (AvgIpc) is 2.96. The van der Waals surface area contributed by atoms with Gasteiger partial charge < -0.3 is 15.0 Å². The van der Waals surface area contributed by atoms with Gasteiger partial charge >= 0.3 is 6.09 Å². The van der Waals surface area contributed by atoms with E-state index in [4.69, 9.17) is 4.74 Å². The number of hydrogen-bond donors (Lipinski definition) is 1. The number of carbonyl (C=O) groups excluding carboxylic acids is 2. The van der Waals surface area contributed by atoms with Crippen LogP contribution in [0.3, 0.4) is 0 Å². The van der Waals surface area contributed by atoms with Crippen LogP contribution in [0.2, 0.25) is 0 Å². The molecule has 0 fully saturated rings. The molecule has 0 radical (unpaired) electrons. The first kappa shape index (κ1) is 24.0. The number of alkyl carbamates (subject to hydrolysis) is 1. The molecule has 178 valence electrons. The van der Waals surface area contributed by atoms with E-state index in [1.165, 1.54) is 0 Å². The molecule has 1 aliphatic rings. The second kappa shape index (κ2) is 10.0. The van der Waals surface area contributed by atoms with Crippen molar-refractivity contribution in [2.45, 2.75) is 51.8 Å². The predicted octanol–water partition coefficient (Wildman–Crippen LogP) is 5.60. The Labute approximate surface area is 206 Å². The maximum atomic E-state index is 13.6. The molecule has 0 bridgehead atoms. The second-order valence-corrected chi connectivity index (χ2v) is 9.64. The number of para-hydroxylation sites is 1. The maximum Gasteiger partial charge on any atom is 0.408 e. The lowest BCUT2D eigenvalue weighted by atomic mass is 9.99. The molecule has 1 atom stereocenters. The minimum atomic E-state index is -0.681. The van der Waals surface area contributed by atoms with Crippen molar-refractivity contribution in [1.82, 2.24) is 5.32 Å². The smallest absolute Gasteiger partial charge is 0.408 e. The molecule has 1 N–H and O–H groups in total. The number of ether oxygens (including phenoxy) is 1. The van der Waals surface area contributed by atoms with Crippen LogP contribution in [-0.2, 0) is 22.5 Å². The van der Waals surface area contributed by atoms with Crippen molar-refractivity contribution in [2.24, 2.45) is 0 Å². The van der Waals surface area contributed by atoms with Crippen LogP contribution < -0.4 is 10.2 Å². The molecule has 6 nitrogen and oxygen atoms in total. The largest absolute Gasteiger partial charge is 0.444 e. The normalized spacial score (nSPS) is 15.5. The Morgan fingerprint density at radius 1 is 1.06 bits per heavy atom. The van der Waals surface area contributed by atoms with E-state index in [1.54, 1.807) is 31.7 Å². The molecular formula is C29H29N3O3. The van der Waals surface area contributed by atoms with Crippen molar-refractivity contribution in [3.63, 3.8) is 0 Å². The molecule has 0 spiro atoms. The van der Waals surface area contributed by atoms with Crippen LogP contribution in [0.4, 0.5) is 10.5 Å². The lowest BCUT2D eigenvalue weighted by Crippen LogP contribution is -2.49. The SMILES string of the molecule is CC(C)(C)OC(=O)N[C@@H]1CCc2ccccc2N(Cc2ccc(-c3ccccc3C#N)cc2)C1=O. The summed E-state index contributed by atoms with van der Waals surface area (Å²) in [5.74, 6) is -0.167. The second-order valence-electron chi connectivity index (χ2n) is 9.64. The fourth-order valence-electron chi connectivity index (χ4n) is 4.27. The van der Waals surface area contributed by atoms with Gasteiger partial charge in [0, 0.05) is 5.69 Å². The first-order valence-corrected chi connectivity index (χ1v) is 11.7. The molecule has 1 heterocycles. The molecule has 0 aromatic heterocycles. The third-order valence-electron chi connectivity index (χ3n) is 5.89. The molecule has 0 saturated carbocycles. The van der Waals surface area contributed by atoms with Crippen molar-refractivity contribution in [1.29, 1.82) is 5.26 Å². The van der Waals surface area contributed by atoms with Crippen molar-refractivity contribution in [3.05, 3.63) is 89.5 Å². The maximum absolute atomic E-state index is 13.6. The molecule has 35 heavy (non-hydrogen) atoms. The molecule has 0 aliphatic carbocycles. The van der Waals surface area contributed by atoms with E-state index in [-0.39, 0.29) is 5.91 Å². The highest BCUT2D eigenvalue weighted by molar-refractivity contribution is 6.00. The van der Waals surface area contributed by atoms with Gasteiger partial charge in [-0.25, -0.2) is 4.79 Å². The summed E-state index contributed by atoms with van der Waals surface area (Å²) in [6, 6.07) is 24.8. The van der Waals surface area contributed by atoms with Crippen molar-refractivity contribution in [2.75, 3.05) is 4.90 Å². The molecule has 4 rings (SSSR count). The first-order valence-electron chi connectivity index (χ1n) is 11.7. The Kier molecular flexibility index (Phi) is 6.88. The van der Waals surface area contributed by atoms with Gasteiger partial charge in [0.15, 0.2) is 0 Å².